The van der Waals surface area contributed by atoms with Crippen molar-refractivity contribution in [2.45, 2.75) is 32.3 Å². The quantitative estimate of drug-likeness (QED) is 0.815. The first-order chi connectivity index (χ1) is 9.15. The van der Waals surface area contributed by atoms with E-state index in [1.807, 2.05) is 31.2 Å². The summed E-state index contributed by atoms with van der Waals surface area (Å²) in [7, 11) is 0. The first-order valence-corrected chi connectivity index (χ1v) is 6.86. The molecule has 19 heavy (non-hydrogen) atoms. The number of hydrogen-bond acceptors (Lipinski definition) is 2. The fourth-order valence-corrected chi connectivity index (χ4v) is 2.40. The van der Waals surface area contributed by atoms with Crippen LogP contribution in [0.2, 0.25) is 0 Å². The van der Waals surface area contributed by atoms with E-state index in [9.17, 15) is 9.90 Å². The molecule has 1 fully saturated rings. The molecule has 1 aliphatic carbocycles. The molecule has 0 aromatic heterocycles. The highest BCUT2D eigenvalue weighted by molar-refractivity contribution is 5.91. The number of aliphatic hydroxyl groups excluding tert-OH is 1. The lowest BCUT2D eigenvalue weighted by Crippen LogP contribution is -2.31. The number of rotatable bonds is 4. The lowest BCUT2D eigenvalue weighted by atomic mass is 10.1. The van der Waals surface area contributed by atoms with Crippen LogP contribution in [-0.4, -0.2) is 23.7 Å². The zero-order chi connectivity index (χ0) is 13.7. The van der Waals surface area contributed by atoms with Gasteiger partial charge in [-0.25, -0.2) is 0 Å². The summed E-state index contributed by atoms with van der Waals surface area (Å²) < 4.78 is 0. The highest BCUT2D eigenvalue weighted by atomic mass is 16.3. The zero-order valence-electron chi connectivity index (χ0n) is 11.3. The van der Waals surface area contributed by atoms with Gasteiger partial charge in [-0.15, -0.1) is 0 Å². The van der Waals surface area contributed by atoms with Crippen LogP contribution in [0.25, 0.3) is 6.08 Å². The predicted molar refractivity (Wildman–Crippen MR) is 76.6 cm³/mol. The molecule has 0 radical (unpaired) electrons. The van der Waals surface area contributed by atoms with Gasteiger partial charge in [-0.1, -0.05) is 36.2 Å². The molecule has 2 rings (SSSR count). The van der Waals surface area contributed by atoms with Crippen LogP contribution in [0.4, 0.5) is 0 Å². The van der Waals surface area contributed by atoms with Crippen molar-refractivity contribution in [2.24, 2.45) is 5.92 Å². The van der Waals surface area contributed by atoms with E-state index in [0.29, 0.717) is 6.54 Å². The molecular weight excluding hydrogens is 238 g/mol. The van der Waals surface area contributed by atoms with Crippen LogP contribution >= 0.6 is 0 Å². The molecule has 3 heteroatoms. The number of hydrogen-bond donors (Lipinski definition) is 2. The Labute approximate surface area is 114 Å². The number of amides is 1. The average Bonchev–Trinajstić information content (AvgIpc) is 2.81. The second kappa shape index (κ2) is 6.53. The van der Waals surface area contributed by atoms with Crippen LogP contribution in [0, 0.1) is 12.8 Å². The second-order valence-electron chi connectivity index (χ2n) is 5.25. The molecule has 1 aromatic rings. The third kappa shape index (κ3) is 4.21. The molecular formula is C16H21NO2. The molecule has 0 heterocycles. The highest BCUT2D eigenvalue weighted by Gasteiger charge is 2.24. The van der Waals surface area contributed by atoms with Crippen LogP contribution in [0.3, 0.4) is 0 Å². The largest absolute Gasteiger partial charge is 0.393 e. The summed E-state index contributed by atoms with van der Waals surface area (Å²) in [6.07, 6.45) is 6.02. The van der Waals surface area contributed by atoms with Crippen molar-refractivity contribution < 1.29 is 9.90 Å². The molecule has 102 valence electrons. The summed E-state index contributed by atoms with van der Waals surface area (Å²) in [5.41, 5.74) is 2.22. The Bertz CT molecular complexity index is 450. The fourth-order valence-electron chi connectivity index (χ4n) is 2.40. The van der Waals surface area contributed by atoms with Gasteiger partial charge in [0.1, 0.15) is 0 Å². The lowest BCUT2D eigenvalue weighted by molar-refractivity contribution is -0.116. The van der Waals surface area contributed by atoms with Crippen molar-refractivity contribution >= 4 is 12.0 Å². The Balaban J connectivity index is 1.79. The van der Waals surface area contributed by atoms with E-state index in [1.165, 1.54) is 5.56 Å². The van der Waals surface area contributed by atoms with Gasteiger partial charge in [0.15, 0.2) is 0 Å². The van der Waals surface area contributed by atoms with Crippen LogP contribution in [0.5, 0.6) is 0 Å². The molecule has 1 aliphatic rings. The van der Waals surface area contributed by atoms with Crippen LogP contribution < -0.4 is 5.32 Å². The average molecular weight is 259 g/mol. The number of benzene rings is 1. The monoisotopic (exact) mass is 259 g/mol. The molecule has 0 spiro atoms. The number of carbonyl (C=O) groups is 1. The van der Waals surface area contributed by atoms with Crippen LogP contribution in [-0.2, 0) is 4.79 Å². The van der Waals surface area contributed by atoms with E-state index in [1.54, 1.807) is 12.2 Å². The number of aryl methyl sites for hydroxylation is 1. The van der Waals surface area contributed by atoms with E-state index in [-0.39, 0.29) is 17.9 Å². The molecule has 0 aliphatic heterocycles. The van der Waals surface area contributed by atoms with Gasteiger partial charge in [-0.3, -0.25) is 4.79 Å². The van der Waals surface area contributed by atoms with Gasteiger partial charge in [0.05, 0.1) is 6.10 Å². The Hall–Kier alpha value is -1.61. The first kappa shape index (κ1) is 13.8. The van der Waals surface area contributed by atoms with Crippen molar-refractivity contribution in [1.29, 1.82) is 0 Å². The minimum absolute atomic E-state index is 0.0975. The van der Waals surface area contributed by atoms with Crippen LogP contribution in [0.1, 0.15) is 30.4 Å². The second-order valence-corrected chi connectivity index (χ2v) is 5.25. The normalized spacial score (nSPS) is 22.8. The predicted octanol–water partition coefficient (Wildman–Crippen LogP) is 2.29. The summed E-state index contributed by atoms with van der Waals surface area (Å²) in [6, 6.07) is 8.01. The van der Waals surface area contributed by atoms with Crippen molar-refractivity contribution in [3.05, 3.63) is 41.5 Å². The molecule has 1 aromatic carbocycles. The van der Waals surface area contributed by atoms with Crippen molar-refractivity contribution in [1.82, 2.24) is 5.32 Å². The lowest BCUT2D eigenvalue weighted by Gasteiger charge is -2.13. The summed E-state index contributed by atoms with van der Waals surface area (Å²) >= 11 is 0. The van der Waals surface area contributed by atoms with E-state index >= 15 is 0 Å². The number of nitrogens with one attached hydrogen (secondary N) is 1. The van der Waals surface area contributed by atoms with E-state index in [2.05, 4.69) is 5.32 Å². The maximum Gasteiger partial charge on any atom is 0.244 e. The number of aliphatic hydroxyl groups is 1. The highest BCUT2D eigenvalue weighted by Crippen LogP contribution is 2.24. The van der Waals surface area contributed by atoms with Gasteiger partial charge in [0, 0.05) is 18.5 Å². The smallest absolute Gasteiger partial charge is 0.244 e. The Kier molecular flexibility index (Phi) is 4.74. The fraction of sp³-hybridized carbons (Fsp3) is 0.438. The molecule has 2 unspecified atom stereocenters. The Morgan fingerprint density at radius 1 is 1.37 bits per heavy atom. The molecule has 0 bridgehead atoms. The van der Waals surface area contributed by atoms with Crippen molar-refractivity contribution in [3.8, 4) is 0 Å². The first-order valence-electron chi connectivity index (χ1n) is 6.86. The molecule has 2 N–H and O–H groups in total. The summed E-state index contributed by atoms with van der Waals surface area (Å²) in [5.74, 6) is 0.122. The van der Waals surface area contributed by atoms with E-state index in [4.69, 9.17) is 0 Å². The maximum absolute atomic E-state index is 11.7. The summed E-state index contributed by atoms with van der Waals surface area (Å²) in [4.78, 5) is 11.7. The van der Waals surface area contributed by atoms with Crippen molar-refractivity contribution in [3.63, 3.8) is 0 Å². The third-order valence-corrected chi connectivity index (χ3v) is 3.66. The summed E-state index contributed by atoms with van der Waals surface area (Å²) in [5, 5.41) is 12.5. The topological polar surface area (TPSA) is 49.3 Å². The minimum Gasteiger partial charge on any atom is -0.393 e. The minimum atomic E-state index is -0.249. The molecule has 1 amide bonds. The van der Waals surface area contributed by atoms with E-state index in [0.717, 1.165) is 24.8 Å². The molecule has 1 saturated carbocycles. The third-order valence-electron chi connectivity index (χ3n) is 3.66. The Morgan fingerprint density at radius 3 is 2.74 bits per heavy atom. The van der Waals surface area contributed by atoms with Gasteiger partial charge in [-0.2, -0.15) is 0 Å². The maximum atomic E-state index is 11.7. The van der Waals surface area contributed by atoms with Gasteiger partial charge in [0.2, 0.25) is 5.91 Å². The SMILES string of the molecule is Cc1ccc(C=CC(=O)NCC2CCCC2O)cc1. The molecule has 3 nitrogen and oxygen atoms in total. The standard InChI is InChI=1S/C16H21NO2/c1-12-5-7-13(8-6-12)9-10-16(19)17-11-14-3-2-4-15(14)18/h5-10,14-15,18H,2-4,11H2,1H3,(H,17,19). The van der Waals surface area contributed by atoms with Gasteiger partial charge >= 0.3 is 0 Å². The van der Waals surface area contributed by atoms with Crippen molar-refractivity contribution in [2.75, 3.05) is 6.54 Å². The van der Waals surface area contributed by atoms with Gasteiger partial charge < -0.3 is 10.4 Å². The molecule has 2 atom stereocenters. The zero-order valence-corrected chi connectivity index (χ0v) is 11.3. The van der Waals surface area contributed by atoms with Gasteiger partial charge in [-0.05, 0) is 31.4 Å². The summed E-state index contributed by atoms with van der Waals surface area (Å²) in [6.45, 7) is 2.60. The van der Waals surface area contributed by atoms with Crippen LogP contribution in [0.15, 0.2) is 30.3 Å². The van der Waals surface area contributed by atoms with E-state index < -0.39 is 0 Å². The Morgan fingerprint density at radius 2 is 2.11 bits per heavy atom. The number of carbonyl (C=O) groups excluding carboxylic acids is 1. The van der Waals surface area contributed by atoms with Gasteiger partial charge in [0.25, 0.3) is 0 Å². The molecule has 0 saturated heterocycles.